The second-order valence-corrected chi connectivity index (χ2v) is 6.81. The number of carbonyl (C=O) groups excluding carboxylic acids is 1. The Morgan fingerprint density at radius 3 is 1.86 bits per heavy atom. The SMILES string of the molecule is Br.CCN(CC)CCOC(=O)C(C1CCCC1)C1CCCC1. The number of esters is 1. The van der Waals surface area contributed by atoms with Crippen molar-refractivity contribution in [3.63, 3.8) is 0 Å². The van der Waals surface area contributed by atoms with Gasteiger partial charge in [-0.3, -0.25) is 4.79 Å². The van der Waals surface area contributed by atoms with Crippen LogP contribution < -0.4 is 0 Å². The predicted molar refractivity (Wildman–Crippen MR) is 96.5 cm³/mol. The van der Waals surface area contributed by atoms with E-state index in [1.165, 1.54) is 51.4 Å². The predicted octanol–water partition coefficient (Wildman–Crippen LogP) is 4.45. The van der Waals surface area contributed by atoms with E-state index in [9.17, 15) is 4.79 Å². The molecule has 0 amide bonds. The Hall–Kier alpha value is -0.0900. The van der Waals surface area contributed by atoms with Crippen molar-refractivity contribution < 1.29 is 9.53 Å². The molecule has 0 N–H and O–H groups in total. The van der Waals surface area contributed by atoms with Crippen LogP contribution in [0.3, 0.4) is 0 Å². The van der Waals surface area contributed by atoms with Gasteiger partial charge in [-0.1, -0.05) is 39.5 Å². The lowest BCUT2D eigenvalue weighted by Crippen LogP contribution is -2.33. The number of rotatable bonds is 8. The summed E-state index contributed by atoms with van der Waals surface area (Å²) in [6, 6.07) is 0. The first-order valence-electron chi connectivity index (χ1n) is 9.15. The van der Waals surface area contributed by atoms with Crippen LogP contribution in [0.5, 0.6) is 0 Å². The van der Waals surface area contributed by atoms with Crippen LogP contribution in [0, 0.1) is 17.8 Å². The molecule has 2 aliphatic carbocycles. The summed E-state index contributed by atoms with van der Waals surface area (Å²) in [5.74, 6) is 1.52. The smallest absolute Gasteiger partial charge is 0.309 e. The van der Waals surface area contributed by atoms with Crippen LogP contribution >= 0.6 is 17.0 Å². The molecule has 0 aromatic heterocycles. The largest absolute Gasteiger partial charge is 0.464 e. The molecule has 0 aromatic rings. The zero-order chi connectivity index (χ0) is 15.1. The monoisotopic (exact) mass is 375 g/mol. The molecule has 0 spiro atoms. The van der Waals surface area contributed by atoms with Crippen LogP contribution in [0.25, 0.3) is 0 Å². The quantitative estimate of drug-likeness (QED) is 0.587. The lowest BCUT2D eigenvalue weighted by Gasteiger charge is -2.27. The topological polar surface area (TPSA) is 29.5 Å². The number of ether oxygens (including phenoxy) is 1. The summed E-state index contributed by atoms with van der Waals surface area (Å²) < 4.78 is 5.68. The van der Waals surface area contributed by atoms with E-state index in [1.807, 2.05) is 0 Å². The summed E-state index contributed by atoms with van der Waals surface area (Å²) >= 11 is 0. The maximum atomic E-state index is 12.6. The van der Waals surface area contributed by atoms with E-state index in [-0.39, 0.29) is 28.9 Å². The minimum absolute atomic E-state index is 0. The molecule has 3 nitrogen and oxygen atoms in total. The van der Waals surface area contributed by atoms with Gasteiger partial charge < -0.3 is 9.64 Å². The van der Waals surface area contributed by atoms with Gasteiger partial charge in [-0.25, -0.2) is 0 Å². The molecule has 0 radical (unpaired) electrons. The van der Waals surface area contributed by atoms with Gasteiger partial charge in [0.05, 0.1) is 5.92 Å². The third kappa shape index (κ3) is 5.52. The van der Waals surface area contributed by atoms with Crippen LogP contribution in [0.4, 0.5) is 0 Å². The van der Waals surface area contributed by atoms with E-state index in [4.69, 9.17) is 4.74 Å². The lowest BCUT2D eigenvalue weighted by atomic mass is 9.79. The van der Waals surface area contributed by atoms with Crippen LogP contribution in [0.1, 0.15) is 65.2 Å². The third-order valence-electron chi connectivity index (χ3n) is 5.63. The highest BCUT2D eigenvalue weighted by Crippen LogP contribution is 2.42. The first-order valence-corrected chi connectivity index (χ1v) is 9.15. The average molecular weight is 376 g/mol. The van der Waals surface area contributed by atoms with E-state index in [0.29, 0.717) is 18.4 Å². The van der Waals surface area contributed by atoms with E-state index in [2.05, 4.69) is 18.7 Å². The van der Waals surface area contributed by atoms with Gasteiger partial charge >= 0.3 is 5.97 Å². The van der Waals surface area contributed by atoms with E-state index in [0.717, 1.165) is 19.6 Å². The van der Waals surface area contributed by atoms with Gasteiger partial charge in [0, 0.05) is 6.54 Å². The first-order chi connectivity index (χ1) is 10.3. The molecule has 0 aliphatic heterocycles. The molecule has 2 rings (SSSR count). The number of nitrogens with zero attached hydrogens (tertiary/aromatic N) is 1. The number of likely N-dealkylation sites (N-methyl/N-ethyl adjacent to an activating group) is 1. The molecule has 0 atom stereocenters. The van der Waals surface area contributed by atoms with Crippen molar-refractivity contribution in [2.24, 2.45) is 17.8 Å². The molecule has 0 bridgehead atoms. The van der Waals surface area contributed by atoms with E-state index >= 15 is 0 Å². The number of carbonyl (C=O) groups is 1. The Balaban J connectivity index is 0.00000242. The molecule has 2 saturated carbocycles. The van der Waals surface area contributed by atoms with Crippen molar-refractivity contribution in [1.82, 2.24) is 4.90 Å². The molecule has 0 unspecified atom stereocenters. The standard InChI is InChI=1S/C18H33NO2.BrH/c1-3-19(4-2)13-14-21-18(20)17(15-9-5-6-10-15)16-11-7-8-12-16;/h15-17H,3-14H2,1-2H3;1H. The molecular formula is C18H34BrNO2. The van der Waals surface area contributed by atoms with Crippen molar-refractivity contribution in [1.29, 1.82) is 0 Å². The average Bonchev–Trinajstić information content (AvgIpc) is 3.18. The minimum Gasteiger partial charge on any atom is -0.464 e. The summed E-state index contributed by atoms with van der Waals surface area (Å²) in [5.41, 5.74) is 0. The summed E-state index contributed by atoms with van der Waals surface area (Å²) in [5, 5.41) is 0. The zero-order valence-electron chi connectivity index (χ0n) is 14.4. The van der Waals surface area contributed by atoms with Crippen molar-refractivity contribution in [2.45, 2.75) is 65.2 Å². The van der Waals surface area contributed by atoms with Crippen LogP contribution in [0.2, 0.25) is 0 Å². The van der Waals surface area contributed by atoms with Gasteiger partial charge in [-0.05, 0) is 50.6 Å². The fraction of sp³-hybridized carbons (Fsp3) is 0.944. The van der Waals surface area contributed by atoms with Crippen molar-refractivity contribution >= 4 is 23.0 Å². The van der Waals surface area contributed by atoms with E-state index < -0.39 is 0 Å². The Morgan fingerprint density at radius 2 is 1.45 bits per heavy atom. The molecule has 2 aliphatic rings. The highest BCUT2D eigenvalue weighted by molar-refractivity contribution is 8.93. The normalized spacial score (nSPS) is 19.8. The number of hydrogen-bond donors (Lipinski definition) is 0. The highest BCUT2D eigenvalue weighted by Gasteiger charge is 2.38. The second kappa shape index (κ2) is 10.6. The van der Waals surface area contributed by atoms with E-state index in [1.54, 1.807) is 0 Å². The zero-order valence-corrected chi connectivity index (χ0v) is 16.1. The van der Waals surface area contributed by atoms with Crippen LogP contribution in [0.15, 0.2) is 0 Å². The maximum absolute atomic E-state index is 12.6. The van der Waals surface area contributed by atoms with Gasteiger partial charge in [0.1, 0.15) is 6.61 Å². The van der Waals surface area contributed by atoms with Crippen LogP contribution in [-0.2, 0) is 9.53 Å². The molecular weight excluding hydrogens is 342 g/mol. The van der Waals surface area contributed by atoms with Crippen molar-refractivity contribution in [2.75, 3.05) is 26.2 Å². The summed E-state index contributed by atoms with van der Waals surface area (Å²) in [4.78, 5) is 14.9. The van der Waals surface area contributed by atoms with Crippen LogP contribution in [-0.4, -0.2) is 37.1 Å². The highest BCUT2D eigenvalue weighted by atomic mass is 79.9. The third-order valence-corrected chi connectivity index (χ3v) is 5.63. The molecule has 0 saturated heterocycles. The van der Waals surface area contributed by atoms with Gasteiger partial charge in [-0.2, -0.15) is 0 Å². The summed E-state index contributed by atoms with van der Waals surface area (Å²) in [6.45, 7) is 7.82. The maximum Gasteiger partial charge on any atom is 0.309 e. The molecule has 0 heterocycles. The minimum atomic E-state index is 0. The molecule has 22 heavy (non-hydrogen) atoms. The Morgan fingerprint density at radius 1 is 1.00 bits per heavy atom. The van der Waals surface area contributed by atoms with Gasteiger partial charge in [0.2, 0.25) is 0 Å². The summed E-state index contributed by atoms with van der Waals surface area (Å²) in [6.07, 6.45) is 10.2. The van der Waals surface area contributed by atoms with Gasteiger partial charge in [0.25, 0.3) is 0 Å². The fourth-order valence-corrected chi connectivity index (χ4v) is 4.31. The lowest BCUT2D eigenvalue weighted by molar-refractivity contribution is -0.153. The van der Waals surface area contributed by atoms with Gasteiger partial charge in [-0.15, -0.1) is 17.0 Å². The number of halogens is 1. The molecule has 4 heteroatoms. The fourth-order valence-electron chi connectivity index (χ4n) is 4.31. The molecule has 130 valence electrons. The van der Waals surface area contributed by atoms with Crippen molar-refractivity contribution in [3.8, 4) is 0 Å². The Labute approximate surface area is 146 Å². The molecule has 2 fully saturated rings. The number of hydrogen-bond acceptors (Lipinski definition) is 3. The first kappa shape index (κ1) is 20.0. The van der Waals surface area contributed by atoms with Gasteiger partial charge in [0.15, 0.2) is 0 Å². The Bertz CT molecular complexity index is 292. The second-order valence-electron chi connectivity index (χ2n) is 6.81. The van der Waals surface area contributed by atoms with Crippen molar-refractivity contribution in [3.05, 3.63) is 0 Å². The Kier molecular flexibility index (Phi) is 9.65. The molecule has 0 aromatic carbocycles. The summed E-state index contributed by atoms with van der Waals surface area (Å²) in [7, 11) is 0.